The topological polar surface area (TPSA) is 97.1 Å². The zero-order valence-corrected chi connectivity index (χ0v) is 19.3. The van der Waals surface area contributed by atoms with Crippen molar-refractivity contribution in [2.24, 2.45) is 0 Å². The molecule has 1 aromatic heterocycles. The number of methoxy groups -OCH3 is 1. The van der Waals surface area contributed by atoms with Crippen LogP contribution in [0.15, 0.2) is 39.7 Å². The largest absolute Gasteiger partial charge is 0.465 e. The summed E-state index contributed by atoms with van der Waals surface area (Å²) in [6.45, 7) is 2.95. The average Bonchev–Trinajstić information content (AvgIpc) is 3.39. The Morgan fingerprint density at radius 2 is 1.88 bits per heavy atom. The van der Waals surface area contributed by atoms with Crippen molar-refractivity contribution in [2.75, 3.05) is 26.7 Å². The predicted octanol–water partition coefficient (Wildman–Crippen LogP) is 4.09. The summed E-state index contributed by atoms with van der Waals surface area (Å²) in [7, 11) is 1.33. The van der Waals surface area contributed by atoms with Gasteiger partial charge in [0.2, 0.25) is 5.91 Å². The second-order valence-corrected chi connectivity index (χ2v) is 8.93. The molecule has 2 fully saturated rings. The van der Waals surface area contributed by atoms with Gasteiger partial charge in [-0.25, -0.2) is 4.79 Å². The minimum absolute atomic E-state index is 0.204. The van der Waals surface area contributed by atoms with E-state index in [1.165, 1.54) is 13.2 Å². The molecule has 2 aromatic rings. The van der Waals surface area contributed by atoms with Gasteiger partial charge in [0.15, 0.2) is 0 Å². The minimum Gasteiger partial charge on any atom is -0.465 e. The van der Waals surface area contributed by atoms with Crippen LogP contribution in [0, 0.1) is 6.92 Å². The molecule has 0 atom stereocenters. The monoisotopic (exact) mass is 468 g/mol. The highest BCUT2D eigenvalue weighted by molar-refractivity contribution is 8.18. The van der Waals surface area contributed by atoms with Crippen LogP contribution in [0.25, 0.3) is 17.4 Å². The van der Waals surface area contributed by atoms with Gasteiger partial charge in [0, 0.05) is 24.7 Å². The van der Waals surface area contributed by atoms with Crippen LogP contribution < -0.4 is 0 Å². The molecular formula is C24H24N2O6S. The van der Waals surface area contributed by atoms with Gasteiger partial charge >= 0.3 is 5.97 Å². The van der Waals surface area contributed by atoms with Gasteiger partial charge in [-0.3, -0.25) is 19.3 Å². The van der Waals surface area contributed by atoms with E-state index in [4.69, 9.17) is 9.15 Å². The van der Waals surface area contributed by atoms with E-state index >= 15 is 0 Å². The molecule has 9 heteroatoms. The van der Waals surface area contributed by atoms with Crippen molar-refractivity contribution in [3.05, 3.63) is 52.1 Å². The number of aryl methyl sites for hydroxylation is 1. The number of esters is 1. The van der Waals surface area contributed by atoms with E-state index in [1.807, 2.05) is 6.92 Å². The fourth-order valence-corrected chi connectivity index (χ4v) is 4.72. The number of likely N-dealkylation sites (tertiary alicyclic amines) is 1. The van der Waals surface area contributed by atoms with Crippen molar-refractivity contribution < 1.29 is 28.3 Å². The van der Waals surface area contributed by atoms with E-state index in [9.17, 15) is 19.2 Å². The molecule has 0 unspecified atom stereocenters. The number of amides is 3. The van der Waals surface area contributed by atoms with Crippen molar-refractivity contribution >= 4 is 40.9 Å². The van der Waals surface area contributed by atoms with E-state index in [0.29, 0.717) is 30.2 Å². The Morgan fingerprint density at radius 1 is 1.12 bits per heavy atom. The van der Waals surface area contributed by atoms with Gasteiger partial charge in [-0.2, -0.15) is 0 Å². The normalized spacial score (nSPS) is 17.7. The molecule has 0 spiro atoms. The van der Waals surface area contributed by atoms with E-state index < -0.39 is 17.1 Å². The van der Waals surface area contributed by atoms with Crippen LogP contribution in [0.2, 0.25) is 0 Å². The van der Waals surface area contributed by atoms with Crippen molar-refractivity contribution in [3.8, 4) is 11.3 Å². The number of piperidine rings is 1. The summed E-state index contributed by atoms with van der Waals surface area (Å²) in [6, 6.07) is 8.60. The van der Waals surface area contributed by atoms with E-state index in [2.05, 4.69) is 0 Å². The number of imide groups is 1. The van der Waals surface area contributed by atoms with Crippen LogP contribution >= 0.6 is 11.8 Å². The number of hydrogen-bond donors (Lipinski definition) is 0. The van der Waals surface area contributed by atoms with Crippen LogP contribution in [0.3, 0.4) is 0 Å². The number of benzene rings is 1. The zero-order chi connectivity index (χ0) is 23.5. The number of rotatable bonds is 5. The standard InChI is InChI=1S/C24H24N2O6S/c1-15-12-16(23(29)31-2)6-8-18(15)19-9-7-17(32-19)13-20-22(28)26(24(30)33-20)14-21(27)25-10-4-3-5-11-25/h6-9,12-13H,3-5,10-11,14H2,1-2H3. The van der Waals surface area contributed by atoms with E-state index in [1.54, 1.807) is 35.2 Å². The fraction of sp³-hybridized carbons (Fsp3) is 0.333. The maximum absolute atomic E-state index is 12.8. The van der Waals surface area contributed by atoms with Crippen LogP contribution in [0.5, 0.6) is 0 Å². The van der Waals surface area contributed by atoms with Crippen LogP contribution in [-0.2, 0) is 14.3 Å². The lowest BCUT2D eigenvalue weighted by molar-refractivity contribution is -0.136. The first-order chi connectivity index (χ1) is 15.9. The number of hydrogen-bond acceptors (Lipinski definition) is 7. The lowest BCUT2D eigenvalue weighted by atomic mass is 10.0. The summed E-state index contributed by atoms with van der Waals surface area (Å²) < 4.78 is 10.6. The van der Waals surface area contributed by atoms with Gasteiger partial charge in [0.05, 0.1) is 17.6 Å². The minimum atomic E-state index is -0.494. The van der Waals surface area contributed by atoms with Crippen molar-refractivity contribution in [1.82, 2.24) is 9.80 Å². The molecule has 33 heavy (non-hydrogen) atoms. The number of carbonyl (C=O) groups is 4. The van der Waals surface area contributed by atoms with E-state index in [0.717, 1.165) is 47.1 Å². The number of ether oxygens (including phenoxy) is 1. The quantitative estimate of drug-likeness (QED) is 0.482. The molecule has 0 radical (unpaired) electrons. The molecule has 0 aliphatic carbocycles. The molecule has 0 saturated carbocycles. The summed E-state index contributed by atoms with van der Waals surface area (Å²) in [4.78, 5) is 52.3. The summed E-state index contributed by atoms with van der Waals surface area (Å²) in [5.41, 5.74) is 2.07. The fourth-order valence-electron chi connectivity index (χ4n) is 3.90. The Bertz CT molecular complexity index is 1150. The summed E-state index contributed by atoms with van der Waals surface area (Å²) >= 11 is 0.798. The van der Waals surface area contributed by atoms with Gasteiger partial charge < -0.3 is 14.1 Å². The maximum atomic E-state index is 12.8. The first-order valence-electron chi connectivity index (χ1n) is 10.7. The molecule has 4 rings (SSSR count). The van der Waals surface area contributed by atoms with Crippen LogP contribution in [0.1, 0.15) is 40.9 Å². The Hall–Kier alpha value is -3.33. The number of nitrogens with zero attached hydrogens (tertiary/aromatic N) is 2. The molecule has 1 aromatic carbocycles. The SMILES string of the molecule is COC(=O)c1ccc(-c2ccc(C=C3SC(=O)N(CC(=O)N4CCCCC4)C3=O)o2)c(C)c1. The van der Waals surface area contributed by atoms with Gasteiger partial charge in [0.1, 0.15) is 18.1 Å². The third kappa shape index (κ3) is 4.88. The molecule has 2 saturated heterocycles. The summed E-state index contributed by atoms with van der Waals surface area (Å²) in [6.07, 6.45) is 4.49. The first-order valence-corrected chi connectivity index (χ1v) is 11.5. The van der Waals surface area contributed by atoms with Gasteiger partial charge in [-0.15, -0.1) is 0 Å². The predicted molar refractivity (Wildman–Crippen MR) is 123 cm³/mol. The van der Waals surface area contributed by atoms with Gasteiger partial charge in [-0.05, 0) is 67.8 Å². The zero-order valence-electron chi connectivity index (χ0n) is 18.5. The van der Waals surface area contributed by atoms with Gasteiger partial charge in [-0.1, -0.05) is 6.07 Å². The average molecular weight is 469 g/mol. The summed E-state index contributed by atoms with van der Waals surface area (Å²) in [5, 5.41) is -0.461. The number of carbonyl (C=O) groups excluding carboxylic acids is 4. The smallest absolute Gasteiger partial charge is 0.337 e. The molecule has 0 N–H and O–H groups in total. The van der Waals surface area contributed by atoms with Crippen molar-refractivity contribution in [2.45, 2.75) is 26.2 Å². The Balaban J connectivity index is 1.48. The molecule has 8 nitrogen and oxygen atoms in total. The molecule has 0 bridgehead atoms. The second kappa shape index (κ2) is 9.66. The maximum Gasteiger partial charge on any atom is 0.337 e. The molecule has 2 aliphatic rings. The van der Waals surface area contributed by atoms with Gasteiger partial charge in [0.25, 0.3) is 11.1 Å². The highest BCUT2D eigenvalue weighted by atomic mass is 32.2. The van der Waals surface area contributed by atoms with Crippen molar-refractivity contribution in [3.63, 3.8) is 0 Å². The molecule has 2 aliphatic heterocycles. The number of thioether (sulfide) groups is 1. The highest BCUT2D eigenvalue weighted by Gasteiger charge is 2.37. The van der Waals surface area contributed by atoms with Crippen LogP contribution in [-0.4, -0.2) is 59.6 Å². The molecule has 3 heterocycles. The van der Waals surface area contributed by atoms with Crippen molar-refractivity contribution in [1.29, 1.82) is 0 Å². The van der Waals surface area contributed by atoms with E-state index in [-0.39, 0.29) is 17.4 Å². The van der Waals surface area contributed by atoms with Crippen LogP contribution in [0.4, 0.5) is 4.79 Å². The first kappa shape index (κ1) is 22.8. The summed E-state index contributed by atoms with van der Waals surface area (Å²) in [5.74, 6) is -0.139. The Morgan fingerprint density at radius 3 is 2.58 bits per heavy atom. The highest BCUT2D eigenvalue weighted by Crippen LogP contribution is 2.34. The number of furan rings is 1. The Labute approximate surface area is 195 Å². The molecule has 3 amide bonds. The molecule has 172 valence electrons. The molecular weight excluding hydrogens is 444 g/mol. The lowest BCUT2D eigenvalue weighted by Gasteiger charge is -2.27. The third-order valence-corrected chi connectivity index (χ3v) is 6.60. The second-order valence-electron chi connectivity index (χ2n) is 7.93. The Kier molecular flexibility index (Phi) is 6.69. The third-order valence-electron chi connectivity index (χ3n) is 5.69. The lowest BCUT2D eigenvalue weighted by Crippen LogP contribution is -2.44.